The molecule has 1 aromatic heterocycles. The molecule has 0 saturated heterocycles. The number of hydrogen-bond donors (Lipinski definition) is 2. The van der Waals surface area contributed by atoms with E-state index < -0.39 is 0 Å². The van der Waals surface area contributed by atoms with E-state index in [2.05, 4.69) is 15.3 Å². The van der Waals surface area contributed by atoms with Crippen molar-refractivity contribution < 1.29 is 4.74 Å². The summed E-state index contributed by atoms with van der Waals surface area (Å²) in [6, 6.07) is 27.1. The van der Waals surface area contributed by atoms with Crippen molar-refractivity contribution in [2.45, 2.75) is 9.92 Å². The summed E-state index contributed by atoms with van der Waals surface area (Å²) in [6.45, 7) is 0. The Morgan fingerprint density at radius 2 is 1.57 bits per heavy atom. The number of anilines is 3. The van der Waals surface area contributed by atoms with Crippen molar-refractivity contribution in [3.8, 4) is 11.5 Å². The van der Waals surface area contributed by atoms with E-state index in [-0.39, 0.29) is 0 Å². The lowest BCUT2D eigenvalue weighted by molar-refractivity contribution is 0.482. The van der Waals surface area contributed by atoms with Gasteiger partial charge < -0.3 is 15.8 Å². The van der Waals surface area contributed by atoms with Crippen molar-refractivity contribution in [3.63, 3.8) is 0 Å². The van der Waals surface area contributed by atoms with E-state index >= 15 is 0 Å². The Morgan fingerprint density at radius 3 is 2.36 bits per heavy atom. The van der Waals surface area contributed by atoms with E-state index in [9.17, 15) is 0 Å². The van der Waals surface area contributed by atoms with Crippen molar-refractivity contribution >= 4 is 29.0 Å². The Labute approximate surface area is 167 Å². The number of nitrogen functional groups attached to an aromatic ring is 1. The molecule has 28 heavy (non-hydrogen) atoms. The molecule has 0 aliphatic rings. The summed E-state index contributed by atoms with van der Waals surface area (Å²) in [5.74, 6) is 2.32. The molecule has 0 aliphatic heterocycles. The molecule has 0 atom stereocenters. The predicted octanol–water partition coefficient (Wildman–Crippen LogP) is 5.75. The van der Waals surface area contributed by atoms with Crippen LogP contribution in [0.25, 0.3) is 0 Å². The second-order valence-electron chi connectivity index (χ2n) is 5.98. The van der Waals surface area contributed by atoms with Crippen LogP contribution in [0.1, 0.15) is 0 Å². The summed E-state index contributed by atoms with van der Waals surface area (Å²) in [7, 11) is 0. The number of hydrogen-bond acceptors (Lipinski definition) is 6. The van der Waals surface area contributed by atoms with Gasteiger partial charge in [-0.05, 0) is 54.6 Å². The number of nitrogens with zero attached hydrogens (tertiary/aromatic N) is 2. The van der Waals surface area contributed by atoms with Crippen LogP contribution in [-0.2, 0) is 0 Å². The maximum Gasteiger partial charge on any atom is 0.134 e. The smallest absolute Gasteiger partial charge is 0.134 e. The molecule has 138 valence electrons. The van der Waals surface area contributed by atoms with E-state index in [1.54, 1.807) is 18.1 Å². The van der Waals surface area contributed by atoms with Crippen LogP contribution in [-0.4, -0.2) is 9.97 Å². The molecule has 3 aromatic carbocycles. The molecule has 0 spiro atoms. The summed E-state index contributed by atoms with van der Waals surface area (Å²) in [5, 5.41) is 4.09. The van der Waals surface area contributed by atoms with Gasteiger partial charge in [0.25, 0.3) is 0 Å². The van der Waals surface area contributed by atoms with Crippen LogP contribution in [0.3, 0.4) is 0 Å². The molecule has 0 aliphatic carbocycles. The summed E-state index contributed by atoms with van der Waals surface area (Å²) in [5.41, 5.74) is 7.40. The Kier molecular flexibility index (Phi) is 5.40. The molecule has 6 heteroatoms. The highest BCUT2D eigenvalue weighted by molar-refractivity contribution is 7.99. The van der Waals surface area contributed by atoms with Gasteiger partial charge in [0, 0.05) is 22.3 Å². The van der Waals surface area contributed by atoms with E-state index in [1.807, 2.05) is 84.9 Å². The lowest BCUT2D eigenvalue weighted by atomic mass is 10.3. The van der Waals surface area contributed by atoms with Crippen LogP contribution in [0.4, 0.5) is 17.2 Å². The Morgan fingerprint density at radius 1 is 0.786 bits per heavy atom. The second kappa shape index (κ2) is 8.45. The Hall–Kier alpha value is -3.51. The number of ether oxygens (including phenoxy) is 1. The first-order valence-electron chi connectivity index (χ1n) is 8.70. The molecular formula is C22H18N4OS. The zero-order chi connectivity index (χ0) is 19.2. The van der Waals surface area contributed by atoms with Crippen molar-refractivity contribution in [3.05, 3.63) is 91.3 Å². The van der Waals surface area contributed by atoms with Gasteiger partial charge in [-0.15, -0.1) is 0 Å². The van der Waals surface area contributed by atoms with Crippen LogP contribution in [0, 0.1) is 0 Å². The Bertz CT molecular complexity index is 1060. The minimum Gasteiger partial charge on any atom is -0.457 e. The van der Waals surface area contributed by atoms with Gasteiger partial charge in [-0.2, -0.15) is 0 Å². The average Bonchev–Trinajstić information content (AvgIpc) is 2.71. The highest BCUT2D eigenvalue weighted by atomic mass is 32.2. The fraction of sp³-hybridized carbons (Fsp3) is 0. The zero-order valence-electron chi connectivity index (χ0n) is 14.9. The summed E-state index contributed by atoms with van der Waals surface area (Å²) in [6.07, 6.45) is 1.55. The molecule has 0 radical (unpaired) electrons. The van der Waals surface area contributed by atoms with Crippen molar-refractivity contribution in [1.29, 1.82) is 0 Å². The second-order valence-corrected chi connectivity index (χ2v) is 7.07. The summed E-state index contributed by atoms with van der Waals surface area (Å²) < 4.78 is 5.82. The van der Waals surface area contributed by atoms with E-state index in [0.717, 1.165) is 27.1 Å². The third-order valence-electron chi connectivity index (χ3n) is 3.83. The van der Waals surface area contributed by atoms with Gasteiger partial charge in [-0.25, -0.2) is 9.97 Å². The van der Waals surface area contributed by atoms with Crippen LogP contribution in [0.2, 0.25) is 0 Å². The first-order chi connectivity index (χ1) is 13.7. The number of nitrogens with one attached hydrogen (secondary N) is 1. The van der Waals surface area contributed by atoms with Crippen LogP contribution in [0.5, 0.6) is 11.5 Å². The molecule has 3 N–H and O–H groups in total. The highest BCUT2D eigenvalue weighted by Crippen LogP contribution is 2.30. The van der Waals surface area contributed by atoms with E-state index in [1.165, 1.54) is 0 Å². The maximum atomic E-state index is 5.82. The van der Waals surface area contributed by atoms with Gasteiger partial charge >= 0.3 is 0 Å². The minimum absolute atomic E-state index is 0.700. The standard InChI is InChI=1S/C22H18N4OS/c23-16-5-4-6-17(13-16)26-21-14-22(25-15-24-21)28-20-11-9-19(10-12-20)27-18-7-2-1-3-8-18/h1-15H,23H2,(H,24,25,26). The zero-order valence-corrected chi connectivity index (χ0v) is 15.8. The molecule has 0 saturated carbocycles. The van der Waals surface area contributed by atoms with E-state index in [0.29, 0.717) is 11.5 Å². The molecule has 5 nitrogen and oxygen atoms in total. The average molecular weight is 386 g/mol. The molecule has 0 fully saturated rings. The van der Waals surface area contributed by atoms with Gasteiger partial charge in [-0.1, -0.05) is 36.0 Å². The lowest BCUT2D eigenvalue weighted by Gasteiger charge is -2.08. The first kappa shape index (κ1) is 17.9. The monoisotopic (exact) mass is 386 g/mol. The lowest BCUT2D eigenvalue weighted by Crippen LogP contribution is -1.95. The fourth-order valence-corrected chi connectivity index (χ4v) is 3.33. The number of nitrogens with two attached hydrogens (primary N) is 1. The number of aromatic nitrogens is 2. The van der Waals surface area contributed by atoms with Gasteiger partial charge in [0.2, 0.25) is 0 Å². The minimum atomic E-state index is 0.700. The first-order valence-corrected chi connectivity index (χ1v) is 9.52. The molecule has 0 unspecified atom stereocenters. The van der Waals surface area contributed by atoms with Crippen LogP contribution >= 0.6 is 11.8 Å². The Balaban J connectivity index is 1.42. The quantitative estimate of drug-likeness (QED) is 0.325. The van der Waals surface area contributed by atoms with Crippen LogP contribution in [0.15, 0.2) is 101 Å². The molecule has 4 rings (SSSR count). The van der Waals surface area contributed by atoms with Crippen molar-refractivity contribution in [1.82, 2.24) is 9.97 Å². The summed E-state index contributed by atoms with van der Waals surface area (Å²) >= 11 is 1.56. The largest absolute Gasteiger partial charge is 0.457 e. The van der Waals surface area contributed by atoms with Gasteiger partial charge in [0.05, 0.1) is 0 Å². The number of benzene rings is 3. The highest BCUT2D eigenvalue weighted by Gasteiger charge is 2.04. The van der Waals surface area contributed by atoms with E-state index in [4.69, 9.17) is 10.5 Å². The van der Waals surface area contributed by atoms with Crippen LogP contribution < -0.4 is 15.8 Å². The van der Waals surface area contributed by atoms with Crippen molar-refractivity contribution in [2.75, 3.05) is 11.1 Å². The molecule has 0 bridgehead atoms. The number of rotatable bonds is 6. The molecular weight excluding hydrogens is 368 g/mol. The topological polar surface area (TPSA) is 73.1 Å². The summed E-state index contributed by atoms with van der Waals surface area (Å²) in [4.78, 5) is 9.67. The molecule has 4 aromatic rings. The van der Waals surface area contributed by atoms with Crippen molar-refractivity contribution in [2.24, 2.45) is 0 Å². The normalized spacial score (nSPS) is 10.4. The number of para-hydroxylation sites is 1. The predicted molar refractivity (Wildman–Crippen MR) is 113 cm³/mol. The third kappa shape index (κ3) is 4.81. The SMILES string of the molecule is Nc1cccc(Nc2cc(Sc3ccc(Oc4ccccc4)cc3)ncn2)c1. The third-order valence-corrected chi connectivity index (χ3v) is 4.77. The van der Waals surface area contributed by atoms with Gasteiger partial charge in [0.1, 0.15) is 28.7 Å². The van der Waals surface area contributed by atoms with Gasteiger partial charge in [0.15, 0.2) is 0 Å². The molecule has 0 amide bonds. The van der Waals surface area contributed by atoms with Gasteiger partial charge in [-0.3, -0.25) is 0 Å². The molecule has 1 heterocycles. The fourth-order valence-electron chi connectivity index (χ4n) is 2.55. The maximum absolute atomic E-state index is 5.82.